The van der Waals surface area contributed by atoms with Gasteiger partial charge in [0, 0.05) is 25.2 Å². The van der Waals surface area contributed by atoms with E-state index in [1.54, 1.807) is 0 Å². The lowest BCUT2D eigenvalue weighted by Crippen LogP contribution is -2.45. The maximum atomic E-state index is 12.4. The molecule has 0 bridgehead atoms. The van der Waals surface area contributed by atoms with Crippen molar-refractivity contribution in [2.75, 3.05) is 26.4 Å². The summed E-state index contributed by atoms with van der Waals surface area (Å²) in [5, 5.41) is 7.16. The van der Waals surface area contributed by atoms with Crippen LogP contribution in [0.2, 0.25) is 0 Å². The van der Waals surface area contributed by atoms with Gasteiger partial charge in [0.1, 0.15) is 0 Å². The van der Waals surface area contributed by atoms with Crippen LogP contribution < -0.4 is 10.6 Å². The third kappa shape index (κ3) is 4.35. The molecule has 0 aromatic carbocycles. The summed E-state index contributed by atoms with van der Waals surface area (Å²) in [6, 6.07) is 1.44. The molecule has 0 aromatic heterocycles. The molecule has 2 amide bonds. The average molecular weight is 308 g/mol. The second-order valence-corrected chi connectivity index (χ2v) is 7.20. The van der Waals surface area contributed by atoms with Gasteiger partial charge in [-0.15, -0.1) is 0 Å². The van der Waals surface area contributed by atoms with E-state index in [0.717, 1.165) is 26.4 Å². The van der Waals surface area contributed by atoms with Gasteiger partial charge in [-0.25, -0.2) is 4.79 Å². The average Bonchev–Trinajstić information content (AvgIpc) is 2.93. The molecule has 5 nitrogen and oxygen atoms in total. The van der Waals surface area contributed by atoms with Crippen molar-refractivity contribution in [3.05, 3.63) is 0 Å². The molecule has 2 saturated carbocycles. The summed E-state index contributed by atoms with van der Waals surface area (Å²) < 4.78 is 0. The molecule has 126 valence electrons. The minimum absolute atomic E-state index is 0.201. The molecule has 1 aliphatic heterocycles. The minimum atomic E-state index is 0.201. The highest BCUT2D eigenvalue weighted by molar-refractivity contribution is 5.76. The number of urea groups is 1. The topological polar surface area (TPSA) is 47.6 Å². The van der Waals surface area contributed by atoms with Gasteiger partial charge in [0.2, 0.25) is 0 Å². The fourth-order valence-corrected chi connectivity index (χ4v) is 4.02. The molecule has 22 heavy (non-hydrogen) atoms. The summed E-state index contributed by atoms with van der Waals surface area (Å²) in [7, 11) is 0. The van der Waals surface area contributed by atoms with E-state index in [1.165, 1.54) is 64.2 Å². The van der Waals surface area contributed by atoms with Gasteiger partial charge in [-0.2, -0.15) is 0 Å². The fraction of sp³-hybridized carbons (Fsp3) is 0.941. The number of nitrogens with one attached hydrogen (secondary N) is 2. The molecule has 5 heteroatoms. The lowest BCUT2D eigenvalue weighted by Gasteiger charge is -2.27. The highest BCUT2D eigenvalue weighted by atomic mass is 16.2. The molecule has 0 unspecified atom stereocenters. The first-order chi connectivity index (χ1) is 10.8. The molecule has 3 aliphatic rings. The monoisotopic (exact) mass is 308 g/mol. The van der Waals surface area contributed by atoms with Gasteiger partial charge in [0.15, 0.2) is 0 Å². The second-order valence-electron chi connectivity index (χ2n) is 7.20. The first-order valence-corrected chi connectivity index (χ1v) is 9.33. The van der Waals surface area contributed by atoms with Crippen molar-refractivity contribution in [1.29, 1.82) is 0 Å². The number of nitrogens with zero attached hydrogens (tertiary/aromatic N) is 2. The van der Waals surface area contributed by atoms with Crippen LogP contribution in [0.15, 0.2) is 0 Å². The second kappa shape index (κ2) is 8.16. The zero-order chi connectivity index (χ0) is 15.2. The van der Waals surface area contributed by atoms with Crippen molar-refractivity contribution in [2.45, 2.75) is 76.3 Å². The van der Waals surface area contributed by atoms with Crippen molar-refractivity contribution in [2.24, 2.45) is 0 Å². The Kier molecular flexibility index (Phi) is 5.96. The first kappa shape index (κ1) is 16.1. The smallest absolute Gasteiger partial charge is 0.310 e. The number of hydrogen-bond acceptors (Lipinski definition) is 3. The van der Waals surface area contributed by atoms with Crippen molar-refractivity contribution < 1.29 is 4.79 Å². The van der Waals surface area contributed by atoms with Crippen molar-refractivity contribution >= 4 is 6.03 Å². The van der Waals surface area contributed by atoms with Crippen LogP contribution in [0.3, 0.4) is 0 Å². The Balaban J connectivity index is 1.35. The van der Waals surface area contributed by atoms with E-state index >= 15 is 0 Å². The van der Waals surface area contributed by atoms with E-state index in [0.29, 0.717) is 12.1 Å². The number of carbonyl (C=O) groups is 1. The molecule has 1 heterocycles. The predicted molar refractivity (Wildman–Crippen MR) is 88.6 cm³/mol. The zero-order valence-corrected chi connectivity index (χ0v) is 13.9. The Morgan fingerprint density at radius 3 is 1.55 bits per heavy atom. The molecule has 1 saturated heterocycles. The van der Waals surface area contributed by atoms with Crippen molar-refractivity contribution in [3.8, 4) is 0 Å². The molecule has 0 atom stereocenters. The Bertz CT molecular complexity index is 319. The van der Waals surface area contributed by atoms with Gasteiger partial charge in [-0.05, 0) is 25.7 Å². The molecule has 3 fully saturated rings. The summed E-state index contributed by atoms with van der Waals surface area (Å²) in [6.45, 7) is 3.18. The third-order valence-corrected chi connectivity index (χ3v) is 5.53. The summed E-state index contributed by atoms with van der Waals surface area (Å²) in [5.41, 5.74) is 0. The van der Waals surface area contributed by atoms with Gasteiger partial charge in [-0.3, -0.25) is 10.6 Å². The number of rotatable bonds is 6. The van der Waals surface area contributed by atoms with Crippen LogP contribution in [-0.2, 0) is 0 Å². The van der Waals surface area contributed by atoms with E-state index in [1.807, 2.05) is 9.80 Å². The van der Waals surface area contributed by atoms with Gasteiger partial charge in [0.25, 0.3) is 0 Å². The van der Waals surface area contributed by atoms with Crippen LogP contribution in [0.25, 0.3) is 0 Å². The van der Waals surface area contributed by atoms with Gasteiger partial charge >= 0.3 is 6.03 Å². The highest BCUT2D eigenvalue weighted by Crippen LogP contribution is 2.19. The largest absolute Gasteiger partial charge is 0.322 e. The zero-order valence-electron chi connectivity index (χ0n) is 13.9. The highest BCUT2D eigenvalue weighted by Gasteiger charge is 2.29. The molecular formula is C17H32N4O. The summed E-state index contributed by atoms with van der Waals surface area (Å²) in [4.78, 5) is 16.4. The van der Waals surface area contributed by atoms with E-state index in [9.17, 15) is 4.79 Å². The Morgan fingerprint density at radius 2 is 1.14 bits per heavy atom. The SMILES string of the molecule is O=C1N(CNC2CCCCC2)CCN1CNC1CCCCC1. The van der Waals surface area contributed by atoms with E-state index in [4.69, 9.17) is 0 Å². The Hall–Kier alpha value is -0.810. The molecule has 3 rings (SSSR count). The van der Waals surface area contributed by atoms with Gasteiger partial charge in [0.05, 0.1) is 13.3 Å². The van der Waals surface area contributed by atoms with E-state index in [2.05, 4.69) is 10.6 Å². The Morgan fingerprint density at radius 1 is 0.727 bits per heavy atom. The first-order valence-electron chi connectivity index (χ1n) is 9.33. The van der Waals surface area contributed by atoms with Crippen LogP contribution in [0, 0.1) is 0 Å². The molecule has 0 spiro atoms. The van der Waals surface area contributed by atoms with Gasteiger partial charge < -0.3 is 9.80 Å². The maximum Gasteiger partial charge on any atom is 0.322 e. The fourth-order valence-electron chi connectivity index (χ4n) is 4.02. The summed E-state index contributed by atoms with van der Waals surface area (Å²) in [6.07, 6.45) is 13.2. The molecular weight excluding hydrogens is 276 g/mol. The summed E-state index contributed by atoms with van der Waals surface area (Å²) >= 11 is 0. The van der Waals surface area contributed by atoms with Gasteiger partial charge in [-0.1, -0.05) is 38.5 Å². The lowest BCUT2D eigenvalue weighted by atomic mass is 9.96. The van der Waals surface area contributed by atoms with Crippen molar-refractivity contribution in [3.63, 3.8) is 0 Å². The van der Waals surface area contributed by atoms with Crippen LogP contribution in [0.5, 0.6) is 0 Å². The van der Waals surface area contributed by atoms with Crippen LogP contribution >= 0.6 is 0 Å². The third-order valence-electron chi connectivity index (χ3n) is 5.53. The lowest BCUT2D eigenvalue weighted by molar-refractivity contribution is 0.180. The van der Waals surface area contributed by atoms with E-state index in [-0.39, 0.29) is 6.03 Å². The normalized spacial score (nSPS) is 25.2. The molecule has 0 aromatic rings. The number of amides is 2. The van der Waals surface area contributed by atoms with Crippen LogP contribution in [-0.4, -0.2) is 54.3 Å². The predicted octanol–water partition coefficient (Wildman–Crippen LogP) is 2.48. The van der Waals surface area contributed by atoms with E-state index < -0.39 is 0 Å². The minimum Gasteiger partial charge on any atom is -0.310 e. The number of carbonyl (C=O) groups excluding carboxylic acids is 1. The number of hydrogen-bond donors (Lipinski definition) is 2. The summed E-state index contributed by atoms with van der Waals surface area (Å²) in [5.74, 6) is 0. The molecule has 2 aliphatic carbocycles. The van der Waals surface area contributed by atoms with Crippen LogP contribution in [0.4, 0.5) is 4.79 Å². The Labute approximate surface area is 134 Å². The van der Waals surface area contributed by atoms with Crippen molar-refractivity contribution in [1.82, 2.24) is 20.4 Å². The van der Waals surface area contributed by atoms with Crippen LogP contribution in [0.1, 0.15) is 64.2 Å². The molecule has 2 N–H and O–H groups in total. The standard InChI is InChI=1S/C17H32N4O/c22-17-20(13-18-15-7-3-1-4-8-15)11-12-21(17)14-19-16-9-5-2-6-10-16/h15-16,18-19H,1-14H2. The maximum absolute atomic E-state index is 12.4. The molecule has 0 radical (unpaired) electrons. The quantitative estimate of drug-likeness (QED) is 0.792.